The van der Waals surface area contributed by atoms with Crippen molar-refractivity contribution in [2.45, 2.75) is 31.6 Å². The number of hydrogen-bond acceptors (Lipinski definition) is 2. The highest BCUT2D eigenvalue weighted by Crippen LogP contribution is 2.63. The predicted octanol–water partition coefficient (Wildman–Crippen LogP) is 12.4. The first-order valence-corrected chi connectivity index (χ1v) is 20.2. The summed E-state index contributed by atoms with van der Waals surface area (Å²) in [4.78, 5) is 5.07. The van der Waals surface area contributed by atoms with Gasteiger partial charge in [-0.3, -0.25) is 4.57 Å². The Bertz CT molecular complexity index is 3450. The van der Waals surface area contributed by atoms with Gasteiger partial charge in [-0.1, -0.05) is 112 Å². The summed E-state index contributed by atoms with van der Waals surface area (Å²) < 4.78 is 36.8. The van der Waals surface area contributed by atoms with Crippen LogP contribution >= 0.6 is 0 Å². The van der Waals surface area contributed by atoms with Gasteiger partial charge < -0.3 is 4.74 Å². The highest BCUT2D eigenvalue weighted by molar-refractivity contribution is 6.12. The van der Waals surface area contributed by atoms with Gasteiger partial charge >= 0.3 is 0 Å². The van der Waals surface area contributed by atoms with E-state index in [2.05, 4.69) is 135 Å². The van der Waals surface area contributed by atoms with Gasteiger partial charge in [-0.2, -0.15) is 4.57 Å². The van der Waals surface area contributed by atoms with Crippen molar-refractivity contribution < 1.29 is 13.4 Å². The molecule has 59 heavy (non-hydrogen) atoms. The molecule has 3 aromatic heterocycles. The number of rotatable bonds is 4. The van der Waals surface area contributed by atoms with Crippen molar-refractivity contribution in [3.8, 4) is 45.3 Å². The third kappa shape index (κ3) is 4.73. The topological polar surface area (TPSA) is 35.9 Å². The second kappa shape index (κ2) is 12.1. The Morgan fingerprint density at radius 3 is 1.97 bits per heavy atom. The molecule has 0 saturated carbocycles. The first kappa shape index (κ1) is 30.8. The maximum atomic E-state index is 8.17. The highest BCUT2D eigenvalue weighted by atomic mass is 16.5. The lowest BCUT2D eigenvalue weighted by atomic mass is 9.70. The number of hydrogen-bond donors (Lipinski definition) is 0. The summed E-state index contributed by atoms with van der Waals surface area (Å²) in [6.07, 6.45) is 3.57. The predicted molar refractivity (Wildman–Crippen MR) is 238 cm³/mol. The molecule has 5 heteroatoms. The van der Waals surface area contributed by atoms with Crippen molar-refractivity contribution in [2.75, 3.05) is 0 Å². The number of aryl methyl sites for hydroxylation is 1. The molecular weight excluding hydrogens is 721 g/mol. The molecule has 0 amide bonds. The van der Waals surface area contributed by atoms with E-state index in [9.17, 15) is 0 Å². The average molecular weight is 765 g/mol. The molecule has 1 spiro atoms. The number of imidazole rings is 1. The Morgan fingerprint density at radius 2 is 1.24 bits per heavy atom. The maximum Gasteiger partial charge on any atom is 0.249 e. The highest BCUT2D eigenvalue weighted by Gasteiger charge is 2.51. The van der Waals surface area contributed by atoms with E-state index in [0.717, 1.165) is 38.8 Å². The van der Waals surface area contributed by atoms with Crippen LogP contribution in [0.5, 0.6) is 11.5 Å². The SMILES string of the molecule is [2H]C([2H])([2H])[n+]1cn(-c2cccc(Oc3ccc4c5cc6c(cc5n(-c5cc(C(C)(C)C)ccn5)c4c3)C3(c4ccccc4-c4ccccc43)c3ccccc3-6)c2)c2ccccc21. The van der Waals surface area contributed by atoms with Gasteiger partial charge in [-0.25, -0.2) is 9.55 Å². The first-order chi connectivity index (χ1) is 30.0. The fourth-order valence-corrected chi connectivity index (χ4v) is 10.0. The maximum absolute atomic E-state index is 8.17. The second-order valence-corrected chi connectivity index (χ2v) is 16.9. The van der Waals surface area contributed by atoms with Crippen molar-refractivity contribution in [3.05, 3.63) is 204 Å². The van der Waals surface area contributed by atoms with Crippen molar-refractivity contribution in [1.29, 1.82) is 0 Å². The molecule has 0 radical (unpaired) electrons. The number of fused-ring (bicyclic) bond motifs is 14. The molecule has 5 nitrogen and oxygen atoms in total. The minimum atomic E-state index is -2.33. The van der Waals surface area contributed by atoms with E-state index in [1.54, 1.807) is 6.33 Å². The average Bonchev–Trinajstić information content (AvgIpc) is 3.99. The van der Waals surface area contributed by atoms with Crippen LogP contribution in [0, 0.1) is 0 Å². The summed E-state index contributed by atoms with van der Waals surface area (Å²) in [5.41, 5.74) is 15.1. The van der Waals surface area contributed by atoms with Crippen LogP contribution in [0.3, 0.4) is 0 Å². The molecular formula is C54H41N4O+. The minimum absolute atomic E-state index is 0.0895. The van der Waals surface area contributed by atoms with Crippen LogP contribution in [-0.4, -0.2) is 14.1 Å². The van der Waals surface area contributed by atoms with Crippen LogP contribution in [0.25, 0.3) is 66.6 Å². The molecule has 2 aliphatic carbocycles. The molecule has 7 aromatic carbocycles. The Balaban J connectivity index is 1.07. The van der Waals surface area contributed by atoms with E-state index in [1.807, 2.05) is 65.4 Å². The Kier molecular flexibility index (Phi) is 6.34. The molecule has 3 heterocycles. The minimum Gasteiger partial charge on any atom is -0.457 e. The monoisotopic (exact) mass is 764 g/mol. The second-order valence-electron chi connectivity index (χ2n) is 16.9. The zero-order chi connectivity index (χ0) is 42.1. The summed E-state index contributed by atoms with van der Waals surface area (Å²) in [6.45, 7) is 4.38. The molecule has 0 unspecified atom stereocenters. The quantitative estimate of drug-likeness (QED) is 0.167. The van der Waals surface area contributed by atoms with Crippen molar-refractivity contribution in [1.82, 2.24) is 14.1 Å². The van der Waals surface area contributed by atoms with Gasteiger partial charge in [0.2, 0.25) is 6.33 Å². The van der Waals surface area contributed by atoms with Crippen LogP contribution in [0.1, 0.15) is 52.7 Å². The number of ether oxygens (including phenoxy) is 1. The number of aromatic nitrogens is 4. The van der Waals surface area contributed by atoms with E-state index in [-0.39, 0.29) is 5.41 Å². The smallest absolute Gasteiger partial charge is 0.249 e. The zero-order valence-electron chi connectivity index (χ0n) is 35.9. The Morgan fingerprint density at radius 1 is 0.576 bits per heavy atom. The van der Waals surface area contributed by atoms with Crippen LogP contribution in [0.4, 0.5) is 0 Å². The molecule has 0 saturated heterocycles. The summed E-state index contributed by atoms with van der Waals surface area (Å²) in [5.74, 6) is 2.15. The molecule has 0 atom stereocenters. The van der Waals surface area contributed by atoms with E-state index < -0.39 is 12.4 Å². The largest absolute Gasteiger partial charge is 0.457 e. The molecule has 282 valence electrons. The first-order valence-electron chi connectivity index (χ1n) is 21.7. The lowest BCUT2D eigenvalue weighted by molar-refractivity contribution is -0.645. The van der Waals surface area contributed by atoms with Crippen LogP contribution in [0.15, 0.2) is 176 Å². The van der Waals surface area contributed by atoms with Crippen LogP contribution in [0.2, 0.25) is 0 Å². The normalized spacial score (nSPS) is 14.5. The molecule has 10 aromatic rings. The van der Waals surface area contributed by atoms with Gasteiger partial charge in [-0.15, -0.1) is 0 Å². The number of para-hydroxylation sites is 2. The number of pyridine rings is 1. The van der Waals surface area contributed by atoms with Gasteiger partial charge in [0.15, 0.2) is 11.0 Å². The van der Waals surface area contributed by atoms with E-state index in [4.69, 9.17) is 13.8 Å². The molecule has 0 N–H and O–H groups in total. The fourth-order valence-electron chi connectivity index (χ4n) is 10.0. The van der Waals surface area contributed by atoms with E-state index >= 15 is 0 Å². The molecule has 0 fully saturated rings. The molecule has 2 aliphatic rings. The Labute approximate surface area is 347 Å². The summed E-state index contributed by atoms with van der Waals surface area (Å²) >= 11 is 0. The lowest BCUT2D eigenvalue weighted by Gasteiger charge is -2.30. The third-order valence-corrected chi connectivity index (χ3v) is 12.7. The van der Waals surface area contributed by atoms with Gasteiger partial charge in [0, 0.05) is 29.1 Å². The van der Waals surface area contributed by atoms with Crippen molar-refractivity contribution in [3.63, 3.8) is 0 Å². The fraction of sp³-hybridized carbons (Fsp3) is 0.111. The van der Waals surface area contributed by atoms with Crippen LogP contribution < -0.4 is 9.30 Å². The van der Waals surface area contributed by atoms with Gasteiger partial charge in [0.25, 0.3) is 0 Å². The molecule has 12 rings (SSSR count). The zero-order valence-corrected chi connectivity index (χ0v) is 32.9. The lowest BCUT2D eigenvalue weighted by Crippen LogP contribution is -2.25. The molecule has 0 aliphatic heterocycles. The van der Waals surface area contributed by atoms with Crippen LogP contribution in [-0.2, 0) is 17.8 Å². The standard InChI is InChI=1S/C54H41N4O/c1-53(2,3)34-26-27-55-52(28-34)58-50-30-37(59-36-15-13-14-35(29-36)57-33-56(4)48-22-11-12-23-49(48)57)24-25-41(50)43-31-42-40-18-7-10-21-46(40)54(47(42)32-51(43)58)44-19-8-5-16-38(44)39-17-6-9-20-45(39)54/h5-33H,1-4H3/q+1/i4D3. The van der Waals surface area contributed by atoms with E-state index in [0.29, 0.717) is 17.0 Å². The van der Waals surface area contributed by atoms with Gasteiger partial charge in [-0.05, 0) is 116 Å². The summed E-state index contributed by atoms with van der Waals surface area (Å²) in [6, 6.07) is 57.6. The number of nitrogens with zero attached hydrogens (tertiary/aromatic N) is 4. The number of benzene rings is 7. The Hall–Kier alpha value is -7.24. The third-order valence-electron chi connectivity index (χ3n) is 12.7. The van der Waals surface area contributed by atoms with Crippen molar-refractivity contribution in [2.24, 2.45) is 6.98 Å². The molecule has 0 bridgehead atoms. The summed E-state index contributed by atoms with van der Waals surface area (Å²) in [5, 5.41) is 2.24. The summed E-state index contributed by atoms with van der Waals surface area (Å²) in [7, 11) is 0. The van der Waals surface area contributed by atoms with Gasteiger partial charge in [0.1, 0.15) is 23.0 Å². The van der Waals surface area contributed by atoms with Gasteiger partial charge in [0.05, 0.1) is 27.5 Å². The van der Waals surface area contributed by atoms with Crippen molar-refractivity contribution >= 4 is 32.8 Å². The van der Waals surface area contributed by atoms with E-state index in [1.165, 1.54) is 54.6 Å².